The number of morpholine rings is 1. The second kappa shape index (κ2) is 13.4. The first-order valence-electron chi connectivity index (χ1n) is 13.2. The summed E-state index contributed by atoms with van der Waals surface area (Å²) in [5.74, 6) is -0.169. The third-order valence-electron chi connectivity index (χ3n) is 6.53. The predicted octanol–water partition coefficient (Wildman–Crippen LogP) is 3.20. The fourth-order valence-electron chi connectivity index (χ4n) is 4.27. The van der Waals surface area contributed by atoms with Gasteiger partial charge in [0, 0.05) is 13.1 Å². The fraction of sp³-hybridized carbons (Fsp3) is 0.300. The quantitative estimate of drug-likeness (QED) is 0.292. The predicted molar refractivity (Wildman–Crippen MR) is 157 cm³/mol. The molecule has 41 heavy (non-hydrogen) atoms. The Morgan fingerprint density at radius 3 is 2.29 bits per heavy atom. The van der Waals surface area contributed by atoms with Crippen LogP contribution in [0.5, 0.6) is 5.75 Å². The third-order valence-corrected chi connectivity index (χ3v) is 8.30. The molecule has 0 radical (unpaired) electrons. The van der Waals surface area contributed by atoms with E-state index >= 15 is 0 Å². The smallest absolute Gasteiger partial charge is 0.264 e. The Kier molecular flexibility index (Phi) is 9.74. The summed E-state index contributed by atoms with van der Waals surface area (Å²) in [6.45, 7) is 7.26. The number of nitrogens with one attached hydrogen (secondary N) is 1. The van der Waals surface area contributed by atoms with Crippen molar-refractivity contribution in [2.45, 2.75) is 25.7 Å². The van der Waals surface area contributed by atoms with E-state index in [9.17, 15) is 18.0 Å². The van der Waals surface area contributed by atoms with Crippen LogP contribution in [0.1, 0.15) is 22.3 Å². The normalized spacial score (nSPS) is 13.7. The molecule has 1 heterocycles. The molecule has 0 aliphatic carbocycles. The highest BCUT2D eigenvalue weighted by Crippen LogP contribution is 2.27. The SMILES string of the molecule is Cc1ccc(S(=O)(=O)N(CC(=O)N/N=C\c2ccc(OCC(=O)N3CCOCC3)cc2)c2ccc(C)cc2C)cc1. The van der Waals surface area contributed by atoms with Crippen LogP contribution in [-0.2, 0) is 24.3 Å². The number of nitrogens with zero attached hydrogens (tertiary/aromatic N) is 3. The Hall–Kier alpha value is -4.22. The average molecular weight is 579 g/mol. The summed E-state index contributed by atoms with van der Waals surface area (Å²) in [5, 5.41) is 4.00. The molecule has 10 nitrogen and oxygen atoms in total. The van der Waals surface area contributed by atoms with Gasteiger partial charge in [0.15, 0.2) is 6.61 Å². The molecule has 0 unspecified atom stereocenters. The minimum Gasteiger partial charge on any atom is -0.484 e. The molecular weight excluding hydrogens is 544 g/mol. The second-order valence-corrected chi connectivity index (χ2v) is 11.6. The molecule has 1 saturated heterocycles. The largest absolute Gasteiger partial charge is 0.484 e. The van der Waals surface area contributed by atoms with Crippen LogP contribution >= 0.6 is 0 Å². The van der Waals surface area contributed by atoms with Crippen molar-refractivity contribution in [3.8, 4) is 5.75 Å². The van der Waals surface area contributed by atoms with Crippen molar-refractivity contribution < 1.29 is 27.5 Å². The molecule has 1 N–H and O–H groups in total. The molecule has 0 spiro atoms. The van der Waals surface area contributed by atoms with Crippen molar-refractivity contribution in [2.24, 2.45) is 5.10 Å². The number of carbonyl (C=O) groups is 2. The number of rotatable bonds is 10. The number of hydrazone groups is 1. The van der Waals surface area contributed by atoms with Crippen LogP contribution in [0, 0.1) is 20.8 Å². The summed E-state index contributed by atoms with van der Waals surface area (Å²) in [6.07, 6.45) is 1.44. The first-order chi connectivity index (χ1) is 19.6. The molecule has 0 bridgehead atoms. The Morgan fingerprint density at radius 1 is 0.976 bits per heavy atom. The van der Waals surface area contributed by atoms with Gasteiger partial charge in [0.1, 0.15) is 12.3 Å². The number of sulfonamides is 1. The van der Waals surface area contributed by atoms with Crippen molar-refractivity contribution in [1.82, 2.24) is 10.3 Å². The summed E-state index contributed by atoms with van der Waals surface area (Å²) in [6, 6.07) is 18.7. The van der Waals surface area contributed by atoms with Crippen LogP contribution in [-0.4, -0.2) is 70.8 Å². The van der Waals surface area contributed by atoms with E-state index in [2.05, 4.69) is 10.5 Å². The summed E-state index contributed by atoms with van der Waals surface area (Å²) in [5.41, 5.74) is 6.14. The van der Waals surface area contributed by atoms with Crippen molar-refractivity contribution in [2.75, 3.05) is 43.8 Å². The number of amides is 2. The van der Waals surface area contributed by atoms with E-state index in [1.54, 1.807) is 47.4 Å². The van der Waals surface area contributed by atoms with Gasteiger partial charge in [-0.3, -0.25) is 13.9 Å². The Labute approximate surface area is 240 Å². The monoisotopic (exact) mass is 578 g/mol. The maximum Gasteiger partial charge on any atom is 0.264 e. The second-order valence-electron chi connectivity index (χ2n) is 9.76. The zero-order valence-corrected chi connectivity index (χ0v) is 24.2. The third kappa shape index (κ3) is 7.92. The van der Waals surface area contributed by atoms with E-state index in [0.717, 1.165) is 21.0 Å². The molecular formula is C30H34N4O6S. The lowest BCUT2D eigenvalue weighted by Crippen LogP contribution is -2.42. The zero-order valence-electron chi connectivity index (χ0n) is 23.4. The lowest BCUT2D eigenvalue weighted by atomic mass is 10.1. The molecule has 0 saturated carbocycles. The van der Waals surface area contributed by atoms with Gasteiger partial charge in [-0.1, -0.05) is 35.4 Å². The van der Waals surface area contributed by atoms with E-state index in [1.807, 2.05) is 32.9 Å². The van der Waals surface area contributed by atoms with Crippen LogP contribution in [0.2, 0.25) is 0 Å². The van der Waals surface area contributed by atoms with Crippen molar-refractivity contribution in [3.63, 3.8) is 0 Å². The van der Waals surface area contributed by atoms with Crippen LogP contribution in [0.4, 0.5) is 5.69 Å². The van der Waals surface area contributed by atoms with Crippen molar-refractivity contribution in [3.05, 3.63) is 89.0 Å². The fourth-order valence-corrected chi connectivity index (χ4v) is 5.75. The van der Waals surface area contributed by atoms with Gasteiger partial charge in [0.05, 0.1) is 30.0 Å². The number of benzene rings is 3. The van der Waals surface area contributed by atoms with Gasteiger partial charge < -0.3 is 14.4 Å². The van der Waals surface area contributed by atoms with Crippen molar-refractivity contribution in [1.29, 1.82) is 0 Å². The van der Waals surface area contributed by atoms with Gasteiger partial charge in [-0.25, -0.2) is 13.8 Å². The minimum absolute atomic E-state index is 0.0635. The standard InChI is InChI=1S/C30H34N4O6S/c1-22-4-11-27(12-5-22)41(37,38)34(28-13-6-23(2)18-24(28)3)20-29(35)32-31-19-25-7-9-26(10-8-25)40-21-30(36)33-14-16-39-17-15-33/h4-13,18-19H,14-17,20-21H2,1-3H3,(H,32,35)/b31-19-. The first-order valence-corrected chi connectivity index (χ1v) is 14.6. The van der Waals surface area contributed by atoms with E-state index in [1.165, 1.54) is 18.3 Å². The summed E-state index contributed by atoms with van der Waals surface area (Å²) >= 11 is 0. The van der Waals surface area contributed by atoms with E-state index < -0.39 is 22.5 Å². The Balaban J connectivity index is 1.39. The van der Waals surface area contributed by atoms with Gasteiger partial charge in [0.2, 0.25) is 0 Å². The van der Waals surface area contributed by atoms with Gasteiger partial charge in [0.25, 0.3) is 21.8 Å². The molecule has 1 aliphatic heterocycles. The number of aryl methyl sites for hydroxylation is 3. The molecule has 0 aromatic heterocycles. The van der Waals surface area contributed by atoms with Gasteiger partial charge in [-0.05, 0) is 74.4 Å². The van der Waals surface area contributed by atoms with Crippen LogP contribution in [0.3, 0.4) is 0 Å². The molecule has 3 aromatic rings. The number of anilines is 1. The van der Waals surface area contributed by atoms with Crippen LogP contribution < -0.4 is 14.5 Å². The van der Waals surface area contributed by atoms with Crippen LogP contribution in [0.15, 0.2) is 76.7 Å². The van der Waals surface area contributed by atoms with Gasteiger partial charge >= 0.3 is 0 Å². The maximum atomic E-state index is 13.6. The van der Waals surface area contributed by atoms with E-state index in [4.69, 9.17) is 9.47 Å². The number of ether oxygens (including phenoxy) is 2. The van der Waals surface area contributed by atoms with E-state index in [0.29, 0.717) is 43.3 Å². The molecule has 0 atom stereocenters. The molecule has 3 aromatic carbocycles. The highest BCUT2D eigenvalue weighted by molar-refractivity contribution is 7.92. The molecule has 1 aliphatic rings. The topological polar surface area (TPSA) is 118 Å². The van der Waals surface area contributed by atoms with Crippen LogP contribution in [0.25, 0.3) is 0 Å². The highest BCUT2D eigenvalue weighted by Gasteiger charge is 2.28. The first kappa shape index (κ1) is 29.8. The molecule has 4 rings (SSSR count). The molecule has 216 valence electrons. The zero-order chi connectivity index (χ0) is 29.4. The summed E-state index contributed by atoms with van der Waals surface area (Å²) < 4.78 is 39.1. The lowest BCUT2D eigenvalue weighted by molar-refractivity contribution is -0.137. The number of carbonyl (C=O) groups excluding carboxylic acids is 2. The molecule has 11 heteroatoms. The van der Waals surface area contributed by atoms with E-state index in [-0.39, 0.29) is 17.4 Å². The van der Waals surface area contributed by atoms with Crippen molar-refractivity contribution >= 4 is 33.7 Å². The average Bonchev–Trinajstić information content (AvgIpc) is 2.96. The van der Waals surface area contributed by atoms with Gasteiger partial charge in [-0.2, -0.15) is 5.10 Å². The minimum atomic E-state index is -4.03. The molecule has 1 fully saturated rings. The molecule has 2 amide bonds. The number of hydrogen-bond donors (Lipinski definition) is 1. The summed E-state index contributed by atoms with van der Waals surface area (Å²) in [7, 11) is -4.03. The highest BCUT2D eigenvalue weighted by atomic mass is 32.2. The maximum absolute atomic E-state index is 13.6. The lowest BCUT2D eigenvalue weighted by Gasteiger charge is -2.26. The Morgan fingerprint density at radius 2 is 1.63 bits per heavy atom. The van der Waals surface area contributed by atoms with Gasteiger partial charge in [-0.15, -0.1) is 0 Å². The number of hydrogen-bond acceptors (Lipinski definition) is 7. The summed E-state index contributed by atoms with van der Waals surface area (Å²) in [4.78, 5) is 26.9. The Bertz CT molecular complexity index is 1500.